The number of anilines is 2. The van der Waals surface area contributed by atoms with Gasteiger partial charge in [-0.3, -0.25) is 4.99 Å². The first-order chi connectivity index (χ1) is 11.5. The number of amidine groups is 1. The topological polar surface area (TPSA) is 85.4 Å². The summed E-state index contributed by atoms with van der Waals surface area (Å²) in [6.07, 6.45) is 0.0369. The molecule has 3 N–H and O–H groups in total. The number of nitrogens with two attached hydrogens (primary N) is 1. The van der Waals surface area contributed by atoms with Crippen molar-refractivity contribution < 1.29 is 17.9 Å². The lowest BCUT2D eigenvalue weighted by Gasteiger charge is -2.33. The molecule has 1 aliphatic rings. The molecule has 1 aromatic carbocycles. The number of ether oxygens (including phenoxy) is 1. The molecule has 1 aromatic heterocycles. The average molecular weight is 337 g/mol. The molecule has 2 aromatic rings. The van der Waals surface area contributed by atoms with E-state index in [0.29, 0.717) is 5.69 Å². The monoisotopic (exact) mass is 337 g/mol. The lowest BCUT2D eigenvalue weighted by molar-refractivity contribution is -0.0145. The van der Waals surface area contributed by atoms with Crippen LogP contribution in [-0.4, -0.2) is 35.4 Å². The second-order valence-electron chi connectivity index (χ2n) is 5.21. The van der Waals surface area contributed by atoms with Crippen molar-refractivity contribution in [2.75, 3.05) is 18.5 Å². The molecule has 0 radical (unpaired) electrons. The summed E-state index contributed by atoms with van der Waals surface area (Å²) in [5.41, 5.74) is 3.39. The first-order valence-electron chi connectivity index (χ1n) is 7.05. The van der Waals surface area contributed by atoms with Crippen LogP contribution in [0.25, 0.3) is 0 Å². The number of nitrogens with zero attached hydrogens (tertiary/aromatic N) is 3. The largest absolute Gasteiger partial charge is 0.385 e. The number of alkyl halides is 2. The van der Waals surface area contributed by atoms with Crippen molar-refractivity contribution in [1.29, 1.82) is 0 Å². The van der Waals surface area contributed by atoms with E-state index in [2.05, 4.69) is 20.3 Å². The standard InChI is InChI=1S/C15H14F3N5O/c16-11-3-2-9(22-14-20-4-1-5-21-14)6-10(11)15(13(17)18)8-24-7-12(19)23-15/h1-6,13H,7-8H2,(H2,19,23)(H,20,21,22). The maximum Gasteiger partial charge on any atom is 0.269 e. The lowest BCUT2D eigenvalue weighted by Crippen LogP contribution is -2.45. The first kappa shape index (κ1) is 16.2. The zero-order chi connectivity index (χ0) is 17.2. The Bertz CT molecular complexity index is 756. The predicted octanol–water partition coefficient (Wildman–Crippen LogP) is 2.21. The van der Waals surface area contributed by atoms with Gasteiger partial charge < -0.3 is 15.8 Å². The molecule has 0 amide bonds. The molecule has 3 rings (SSSR count). The zero-order valence-electron chi connectivity index (χ0n) is 12.4. The highest BCUT2D eigenvalue weighted by atomic mass is 19.3. The molecule has 0 saturated carbocycles. The minimum atomic E-state index is -2.99. The molecular weight excluding hydrogens is 323 g/mol. The minimum absolute atomic E-state index is 0.0636. The van der Waals surface area contributed by atoms with Crippen LogP contribution in [0.4, 0.5) is 24.8 Å². The van der Waals surface area contributed by atoms with Gasteiger partial charge in [0.25, 0.3) is 6.43 Å². The van der Waals surface area contributed by atoms with Gasteiger partial charge in [0.05, 0.1) is 6.61 Å². The van der Waals surface area contributed by atoms with Crippen molar-refractivity contribution >= 4 is 17.5 Å². The number of aliphatic imine (C=N–C) groups is 1. The third-order valence-corrected chi connectivity index (χ3v) is 3.53. The summed E-state index contributed by atoms with van der Waals surface area (Å²) < 4.78 is 46.8. The van der Waals surface area contributed by atoms with Gasteiger partial charge in [0, 0.05) is 23.6 Å². The normalized spacial score (nSPS) is 20.8. The molecular formula is C15H14F3N5O. The molecule has 24 heavy (non-hydrogen) atoms. The second kappa shape index (κ2) is 6.44. The first-order valence-corrected chi connectivity index (χ1v) is 7.05. The van der Waals surface area contributed by atoms with Gasteiger partial charge in [-0.25, -0.2) is 23.1 Å². The molecule has 1 atom stereocenters. The van der Waals surface area contributed by atoms with Crippen LogP contribution in [-0.2, 0) is 10.3 Å². The molecule has 6 nitrogen and oxygen atoms in total. The number of hydrogen-bond donors (Lipinski definition) is 2. The Morgan fingerprint density at radius 3 is 2.67 bits per heavy atom. The molecule has 0 aliphatic carbocycles. The molecule has 1 aliphatic heterocycles. The van der Waals surface area contributed by atoms with Gasteiger partial charge in [-0.15, -0.1) is 0 Å². The SMILES string of the molecule is NC1=NC(c2cc(Nc3ncccn3)ccc2F)(C(F)F)COC1. The van der Waals surface area contributed by atoms with E-state index >= 15 is 0 Å². The van der Waals surface area contributed by atoms with Crippen molar-refractivity contribution in [1.82, 2.24) is 9.97 Å². The fourth-order valence-electron chi connectivity index (χ4n) is 2.43. The molecule has 9 heteroatoms. The molecule has 2 heterocycles. The predicted molar refractivity (Wildman–Crippen MR) is 81.8 cm³/mol. The van der Waals surface area contributed by atoms with E-state index in [4.69, 9.17) is 10.5 Å². The van der Waals surface area contributed by atoms with Crippen LogP contribution in [0.2, 0.25) is 0 Å². The summed E-state index contributed by atoms with van der Waals surface area (Å²) in [7, 11) is 0. The van der Waals surface area contributed by atoms with Crippen molar-refractivity contribution in [2.45, 2.75) is 12.0 Å². The Balaban J connectivity index is 2.03. The summed E-state index contributed by atoms with van der Waals surface area (Å²) in [5.74, 6) is -0.674. The number of rotatable bonds is 4. The van der Waals surface area contributed by atoms with E-state index in [9.17, 15) is 13.2 Å². The van der Waals surface area contributed by atoms with Crippen LogP contribution in [0.15, 0.2) is 41.7 Å². The van der Waals surface area contributed by atoms with Crippen LogP contribution in [0.3, 0.4) is 0 Å². The highest BCUT2D eigenvalue weighted by Crippen LogP contribution is 2.38. The summed E-state index contributed by atoms with van der Waals surface area (Å²) in [6, 6.07) is 5.34. The van der Waals surface area contributed by atoms with Crippen LogP contribution < -0.4 is 11.1 Å². The maximum absolute atomic E-state index is 14.3. The number of hydrogen-bond acceptors (Lipinski definition) is 6. The fourth-order valence-corrected chi connectivity index (χ4v) is 2.43. The molecule has 126 valence electrons. The van der Waals surface area contributed by atoms with E-state index in [-0.39, 0.29) is 24.0 Å². The maximum atomic E-state index is 14.3. The minimum Gasteiger partial charge on any atom is -0.385 e. The second-order valence-corrected chi connectivity index (χ2v) is 5.21. The zero-order valence-corrected chi connectivity index (χ0v) is 12.4. The molecule has 0 fully saturated rings. The third kappa shape index (κ3) is 3.02. The summed E-state index contributed by atoms with van der Waals surface area (Å²) in [6.45, 7) is -0.528. The molecule has 1 unspecified atom stereocenters. The van der Waals surface area contributed by atoms with Gasteiger partial charge in [0.2, 0.25) is 5.95 Å². The van der Waals surface area contributed by atoms with E-state index in [1.54, 1.807) is 6.07 Å². The van der Waals surface area contributed by atoms with Crippen molar-refractivity contribution in [3.63, 3.8) is 0 Å². The number of aromatic nitrogens is 2. The highest BCUT2D eigenvalue weighted by molar-refractivity contribution is 5.82. The number of nitrogens with one attached hydrogen (secondary N) is 1. The number of halogens is 3. The summed E-state index contributed by atoms with van der Waals surface area (Å²) >= 11 is 0. The van der Waals surface area contributed by atoms with E-state index in [0.717, 1.165) is 6.07 Å². The van der Waals surface area contributed by atoms with Gasteiger partial charge in [-0.1, -0.05) is 0 Å². The highest BCUT2D eigenvalue weighted by Gasteiger charge is 2.46. The van der Waals surface area contributed by atoms with Crippen LogP contribution in [0, 0.1) is 5.82 Å². The van der Waals surface area contributed by atoms with Crippen LogP contribution in [0.1, 0.15) is 5.56 Å². The number of benzene rings is 1. The molecule has 0 bridgehead atoms. The van der Waals surface area contributed by atoms with Crippen molar-refractivity contribution in [3.8, 4) is 0 Å². The summed E-state index contributed by atoms with van der Waals surface area (Å²) in [5, 5.41) is 2.82. The quantitative estimate of drug-likeness (QED) is 0.893. The van der Waals surface area contributed by atoms with Crippen LogP contribution in [0.5, 0.6) is 0 Å². The summed E-state index contributed by atoms with van der Waals surface area (Å²) in [4.78, 5) is 11.7. The van der Waals surface area contributed by atoms with Gasteiger partial charge >= 0.3 is 0 Å². The lowest BCUT2D eigenvalue weighted by atomic mass is 9.90. The van der Waals surface area contributed by atoms with Gasteiger partial charge in [-0.2, -0.15) is 0 Å². The van der Waals surface area contributed by atoms with Crippen molar-refractivity contribution in [2.24, 2.45) is 10.7 Å². The Kier molecular flexibility index (Phi) is 4.34. The Morgan fingerprint density at radius 1 is 1.25 bits per heavy atom. The Labute approximate surface area is 135 Å². The smallest absolute Gasteiger partial charge is 0.269 e. The molecule has 0 saturated heterocycles. The van der Waals surface area contributed by atoms with Crippen LogP contribution >= 0.6 is 0 Å². The van der Waals surface area contributed by atoms with Crippen molar-refractivity contribution in [3.05, 3.63) is 48.0 Å². The fraction of sp³-hybridized carbons (Fsp3) is 0.267. The Hall–Kier alpha value is -2.68. The van der Waals surface area contributed by atoms with E-state index in [1.807, 2.05) is 0 Å². The van der Waals surface area contributed by atoms with Gasteiger partial charge in [0.1, 0.15) is 18.3 Å². The van der Waals surface area contributed by atoms with Gasteiger partial charge in [-0.05, 0) is 24.3 Å². The van der Waals surface area contributed by atoms with E-state index < -0.39 is 24.4 Å². The third-order valence-electron chi connectivity index (χ3n) is 3.53. The van der Waals surface area contributed by atoms with E-state index in [1.165, 1.54) is 24.5 Å². The average Bonchev–Trinajstić information content (AvgIpc) is 2.57. The Morgan fingerprint density at radius 2 is 2.00 bits per heavy atom. The van der Waals surface area contributed by atoms with Gasteiger partial charge in [0.15, 0.2) is 5.54 Å². The molecule has 0 spiro atoms.